The molecule has 0 bridgehead atoms. The number of aryl methyl sites for hydroxylation is 1. The number of likely N-dealkylation sites (tertiary alicyclic amines) is 1. The highest BCUT2D eigenvalue weighted by molar-refractivity contribution is 6.34. The van der Waals surface area contributed by atoms with Gasteiger partial charge in [-0.3, -0.25) is 19.5 Å². The van der Waals surface area contributed by atoms with Crippen molar-refractivity contribution in [2.24, 2.45) is 13.0 Å². The second-order valence-corrected chi connectivity index (χ2v) is 13.6. The van der Waals surface area contributed by atoms with Crippen LogP contribution in [0.1, 0.15) is 39.5 Å². The van der Waals surface area contributed by atoms with Gasteiger partial charge in [0.05, 0.1) is 55.9 Å². The largest absolute Gasteiger partial charge is 0.339 e. The van der Waals surface area contributed by atoms with E-state index in [0.29, 0.717) is 43.1 Å². The average Bonchev–Trinajstić information content (AvgIpc) is 3.66. The highest BCUT2D eigenvalue weighted by Gasteiger charge is 2.35. The molecule has 4 aromatic rings. The first kappa shape index (κ1) is 33.3. The number of halogens is 3. The van der Waals surface area contributed by atoms with Crippen LogP contribution in [0.5, 0.6) is 0 Å². The third-order valence-corrected chi connectivity index (χ3v) is 9.83. The number of carbonyl (C=O) groups is 3. The summed E-state index contributed by atoms with van der Waals surface area (Å²) in [6.07, 6.45) is 4.48. The van der Waals surface area contributed by atoms with E-state index in [9.17, 15) is 14.4 Å². The topological polar surface area (TPSA) is 116 Å². The highest BCUT2D eigenvalue weighted by atomic mass is 35.5. The second kappa shape index (κ2) is 13.1. The Labute approximate surface area is 282 Å². The quantitative estimate of drug-likeness (QED) is 0.286. The molecule has 3 amide bonds. The number of nitrogens with zero attached hydrogens (tertiary/aromatic N) is 6. The first-order valence-electron chi connectivity index (χ1n) is 15.9. The average molecular weight is 680 g/mol. The number of rotatable bonds is 6. The zero-order valence-electron chi connectivity index (χ0n) is 27.3. The number of H-pyrrole nitrogens is 1. The van der Waals surface area contributed by atoms with Crippen LogP contribution in [0.15, 0.2) is 42.7 Å². The monoisotopic (exact) mass is 679 g/mol. The summed E-state index contributed by atoms with van der Waals surface area (Å²) < 4.78 is 32.6. The maximum absolute atomic E-state index is 15.2. The molecule has 0 unspecified atom stereocenters. The number of amides is 3. The van der Waals surface area contributed by atoms with Crippen LogP contribution < -0.4 is 5.32 Å². The molecule has 2 aliphatic rings. The fourth-order valence-electron chi connectivity index (χ4n) is 6.47. The van der Waals surface area contributed by atoms with Gasteiger partial charge in [0.2, 0.25) is 5.91 Å². The van der Waals surface area contributed by atoms with Crippen LogP contribution in [-0.2, 0) is 11.8 Å². The molecule has 0 atom stereocenters. The smallest absolute Gasteiger partial charge is 0.291 e. The van der Waals surface area contributed by atoms with Gasteiger partial charge in [0.15, 0.2) is 17.5 Å². The van der Waals surface area contributed by atoms with E-state index in [4.69, 9.17) is 11.6 Å². The molecule has 0 spiro atoms. The molecule has 11 nitrogen and oxygen atoms in total. The lowest BCUT2D eigenvalue weighted by Gasteiger charge is -2.40. The number of carbonyl (C=O) groups excluding carboxylic acids is 3. The Hall–Kier alpha value is -4.62. The molecule has 4 heterocycles. The van der Waals surface area contributed by atoms with Gasteiger partial charge >= 0.3 is 0 Å². The van der Waals surface area contributed by atoms with Gasteiger partial charge in [0.1, 0.15) is 0 Å². The van der Waals surface area contributed by atoms with Crippen molar-refractivity contribution in [2.75, 3.05) is 58.7 Å². The Balaban J connectivity index is 1.08. The molecule has 252 valence electrons. The van der Waals surface area contributed by atoms with Gasteiger partial charge in [-0.15, -0.1) is 0 Å². The Morgan fingerprint density at radius 1 is 0.938 bits per heavy atom. The molecule has 2 aromatic carbocycles. The number of aromatic amines is 1. The van der Waals surface area contributed by atoms with E-state index in [1.165, 1.54) is 42.2 Å². The molecule has 2 saturated heterocycles. The maximum atomic E-state index is 15.2. The van der Waals surface area contributed by atoms with Gasteiger partial charge < -0.3 is 24.2 Å². The second-order valence-electron chi connectivity index (χ2n) is 13.1. The maximum Gasteiger partial charge on any atom is 0.291 e. The van der Waals surface area contributed by atoms with Gasteiger partial charge in [0, 0.05) is 80.1 Å². The lowest BCUT2D eigenvalue weighted by atomic mass is 9.94. The zero-order valence-corrected chi connectivity index (χ0v) is 28.1. The number of benzene rings is 2. The van der Waals surface area contributed by atoms with E-state index in [-0.39, 0.29) is 51.0 Å². The molecule has 48 heavy (non-hydrogen) atoms. The van der Waals surface area contributed by atoms with Gasteiger partial charge in [-0.05, 0) is 31.2 Å². The number of hydrogen-bond donors (Lipinski definition) is 2. The fraction of sp³-hybridized carbons (Fsp3) is 0.382. The summed E-state index contributed by atoms with van der Waals surface area (Å²) in [6, 6.07) is 7.48. The van der Waals surface area contributed by atoms with Crippen LogP contribution in [0.2, 0.25) is 5.02 Å². The van der Waals surface area contributed by atoms with Gasteiger partial charge in [-0.2, -0.15) is 5.10 Å². The van der Waals surface area contributed by atoms with Gasteiger partial charge in [-0.25, -0.2) is 13.8 Å². The molecule has 2 fully saturated rings. The van der Waals surface area contributed by atoms with Crippen molar-refractivity contribution < 1.29 is 27.6 Å². The van der Waals surface area contributed by atoms with Crippen molar-refractivity contribution in [2.45, 2.75) is 19.8 Å². The van der Waals surface area contributed by atoms with Crippen LogP contribution >= 0.6 is 11.6 Å². The summed E-state index contributed by atoms with van der Waals surface area (Å²) in [5, 5.41) is 9.45. The van der Waals surface area contributed by atoms with Crippen LogP contribution in [0, 0.1) is 24.5 Å². The number of nitrogens with one attached hydrogen (secondary N) is 2. The minimum atomic E-state index is -1.07. The molecule has 2 N–H and O–H groups in total. The van der Waals surface area contributed by atoms with Crippen molar-refractivity contribution in [3.63, 3.8) is 0 Å². The molecule has 2 aromatic heterocycles. The van der Waals surface area contributed by atoms with Crippen molar-refractivity contribution in [3.8, 4) is 22.4 Å². The van der Waals surface area contributed by atoms with Gasteiger partial charge in [-0.1, -0.05) is 17.7 Å². The summed E-state index contributed by atoms with van der Waals surface area (Å²) in [4.78, 5) is 47.3. The summed E-state index contributed by atoms with van der Waals surface area (Å²) in [5.41, 5.74) is 1.87. The first-order chi connectivity index (χ1) is 22.8. The third-order valence-electron chi connectivity index (χ3n) is 9.52. The normalized spacial score (nSPS) is 16.6. The molecule has 14 heteroatoms. The number of imidazole rings is 1. The Morgan fingerprint density at radius 3 is 2.23 bits per heavy atom. The third kappa shape index (κ3) is 6.44. The van der Waals surface area contributed by atoms with Crippen molar-refractivity contribution in [1.82, 2.24) is 29.5 Å². The first-order valence-corrected chi connectivity index (χ1v) is 16.2. The van der Waals surface area contributed by atoms with E-state index in [2.05, 4.69) is 34.6 Å². The summed E-state index contributed by atoms with van der Waals surface area (Å²) in [5.74, 6) is -2.79. The molecule has 2 aliphatic heterocycles. The molecule has 0 saturated carbocycles. The van der Waals surface area contributed by atoms with Crippen molar-refractivity contribution in [1.29, 1.82) is 0 Å². The Kier molecular flexibility index (Phi) is 9.10. The van der Waals surface area contributed by atoms with Gasteiger partial charge in [0.25, 0.3) is 11.8 Å². The number of piperidine rings is 1. The van der Waals surface area contributed by atoms with Crippen LogP contribution in [-0.4, -0.2) is 105 Å². The summed E-state index contributed by atoms with van der Waals surface area (Å²) in [6.45, 7) is 5.44. The highest BCUT2D eigenvalue weighted by Crippen LogP contribution is 2.33. The number of quaternary nitrogens is 1. The Morgan fingerprint density at radius 2 is 1.58 bits per heavy atom. The van der Waals surface area contributed by atoms with Crippen molar-refractivity contribution >= 4 is 35.0 Å². The van der Waals surface area contributed by atoms with E-state index in [1.54, 1.807) is 24.0 Å². The van der Waals surface area contributed by atoms with E-state index in [0.717, 1.165) is 30.4 Å². The predicted octanol–water partition coefficient (Wildman–Crippen LogP) is 4.74. The Bertz CT molecular complexity index is 1890. The van der Waals surface area contributed by atoms with Crippen LogP contribution in [0.25, 0.3) is 22.4 Å². The standard InChI is InChI=1S/C34H37ClF2N8O3/c1-20-26(18-39-41-20)23-7-8-25(30(37)29(23)36)28-19-38-31(42(28)2)32(46)40-22-5-6-24(27(35)17-22)34(48)44-13-11-43(12-14-44)33(47)21-9-15-45(3,4)16-10-21/h5-8,17-19,21H,9-16H2,1-4H3,(H-,39,40,41,46,48)/p+1. The lowest BCUT2D eigenvalue weighted by Crippen LogP contribution is -2.54. The number of aromatic nitrogens is 4. The van der Waals surface area contributed by atoms with E-state index < -0.39 is 17.5 Å². The zero-order chi connectivity index (χ0) is 34.3. The number of piperazine rings is 1. The number of anilines is 1. The summed E-state index contributed by atoms with van der Waals surface area (Å²) >= 11 is 6.52. The minimum Gasteiger partial charge on any atom is -0.339 e. The van der Waals surface area contributed by atoms with Crippen molar-refractivity contribution in [3.05, 3.63) is 76.5 Å². The molecular weight excluding hydrogens is 642 g/mol. The minimum absolute atomic E-state index is 0.0424. The van der Waals surface area contributed by atoms with Crippen LogP contribution in [0.4, 0.5) is 14.5 Å². The SMILES string of the molecule is Cc1[nH]ncc1-c1ccc(-c2cnc(C(=O)Nc3ccc(C(=O)N4CCN(C(=O)C5CC[N+](C)(C)CC5)CC4)c(Cl)c3)n2C)c(F)c1F. The molecular formula is C34H38ClF2N8O3+. The molecule has 0 aliphatic carbocycles. The van der Waals surface area contributed by atoms with E-state index >= 15 is 8.78 Å². The summed E-state index contributed by atoms with van der Waals surface area (Å²) in [7, 11) is 5.90. The lowest BCUT2D eigenvalue weighted by molar-refractivity contribution is -0.895. The molecule has 6 rings (SSSR count). The fourth-order valence-corrected chi connectivity index (χ4v) is 6.74. The van der Waals surface area contributed by atoms with Crippen LogP contribution in [0.3, 0.4) is 0 Å². The van der Waals surface area contributed by atoms with E-state index in [1.807, 2.05) is 4.90 Å². The predicted molar refractivity (Wildman–Crippen MR) is 177 cm³/mol. The number of hydrogen-bond acceptors (Lipinski definition) is 5. The molecule has 0 radical (unpaired) electrons.